The summed E-state index contributed by atoms with van der Waals surface area (Å²) in [7, 11) is 0. The fourth-order valence-corrected chi connectivity index (χ4v) is 1.93. The van der Waals surface area contributed by atoms with E-state index in [4.69, 9.17) is 14.6 Å². The van der Waals surface area contributed by atoms with Crippen LogP contribution in [0.2, 0.25) is 0 Å². The molecule has 1 amide bonds. The Morgan fingerprint density at radius 3 is 2.63 bits per heavy atom. The van der Waals surface area contributed by atoms with E-state index in [0.717, 1.165) is 0 Å². The summed E-state index contributed by atoms with van der Waals surface area (Å²) >= 11 is 1.49. The van der Waals surface area contributed by atoms with Crippen molar-refractivity contribution in [3.63, 3.8) is 0 Å². The summed E-state index contributed by atoms with van der Waals surface area (Å²) in [6.45, 7) is 1.86. The minimum Gasteiger partial charge on any atom is -0.480 e. The van der Waals surface area contributed by atoms with Gasteiger partial charge in [0.05, 0.1) is 6.61 Å². The van der Waals surface area contributed by atoms with Gasteiger partial charge in [-0.05, 0) is 25.4 Å². The van der Waals surface area contributed by atoms with Crippen LogP contribution in [0.1, 0.15) is 13.3 Å². The Morgan fingerprint density at radius 2 is 2.11 bits per heavy atom. The van der Waals surface area contributed by atoms with Crippen molar-refractivity contribution in [1.82, 2.24) is 5.32 Å². The number of carboxylic acids is 1. The van der Waals surface area contributed by atoms with Gasteiger partial charge >= 0.3 is 11.9 Å². The van der Waals surface area contributed by atoms with E-state index in [1.54, 1.807) is 6.92 Å². The number of aliphatic carboxylic acids is 1. The first-order valence-electron chi connectivity index (χ1n) is 5.85. The van der Waals surface area contributed by atoms with Crippen molar-refractivity contribution in [2.75, 3.05) is 18.6 Å². The summed E-state index contributed by atoms with van der Waals surface area (Å²) < 4.78 is 9.59. The van der Waals surface area contributed by atoms with Gasteiger partial charge < -0.3 is 19.9 Å². The summed E-state index contributed by atoms with van der Waals surface area (Å²) in [6, 6.07) is -0.966. The van der Waals surface area contributed by atoms with Crippen LogP contribution < -0.4 is 5.32 Å². The van der Waals surface area contributed by atoms with Gasteiger partial charge in [0.15, 0.2) is 12.2 Å². The average Bonchev–Trinajstić information content (AvgIpc) is 3.14. The standard InChI is InChI=1S/C11H17NO6S/c1-3-17-11(16)8-7(18-8)9(13)12-6(10(14)15)4-5-19-2/h6-8H,3-5H2,1-2H3,(H,12,13)(H,14,15)/t6-,7?,8?/m0/s1. The fraction of sp³-hybridized carbons (Fsp3) is 0.727. The quantitative estimate of drug-likeness (QED) is 0.464. The Bertz CT molecular complexity index is 361. The van der Waals surface area contributed by atoms with E-state index in [1.165, 1.54) is 11.8 Å². The smallest absolute Gasteiger partial charge is 0.338 e. The first kappa shape index (κ1) is 15.8. The third kappa shape index (κ3) is 4.71. The van der Waals surface area contributed by atoms with E-state index in [2.05, 4.69) is 5.32 Å². The molecule has 0 aromatic rings. The van der Waals surface area contributed by atoms with Crippen LogP contribution in [0.25, 0.3) is 0 Å². The van der Waals surface area contributed by atoms with Gasteiger partial charge in [-0.1, -0.05) is 0 Å². The van der Waals surface area contributed by atoms with E-state index in [9.17, 15) is 14.4 Å². The Balaban J connectivity index is 2.42. The zero-order valence-corrected chi connectivity index (χ0v) is 11.6. The van der Waals surface area contributed by atoms with Crippen molar-refractivity contribution < 1.29 is 29.0 Å². The second kappa shape index (κ2) is 7.34. The number of amides is 1. The maximum absolute atomic E-state index is 11.7. The molecular weight excluding hydrogens is 274 g/mol. The van der Waals surface area contributed by atoms with Gasteiger partial charge in [0.1, 0.15) is 6.04 Å². The van der Waals surface area contributed by atoms with Gasteiger partial charge in [0, 0.05) is 0 Å². The number of carbonyl (C=O) groups excluding carboxylic acids is 2. The number of nitrogens with one attached hydrogen (secondary N) is 1. The number of carbonyl (C=O) groups is 3. The van der Waals surface area contributed by atoms with Crippen molar-refractivity contribution in [3.8, 4) is 0 Å². The second-order valence-electron chi connectivity index (χ2n) is 3.91. The van der Waals surface area contributed by atoms with Gasteiger partial charge in [-0.3, -0.25) is 4.79 Å². The van der Waals surface area contributed by atoms with Crippen LogP contribution in [0.3, 0.4) is 0 Å². The number of ether oxygens (including phenoxy) is 2. The number of epoxide rings is 1. The molecule has 0 spiro atoms. The maximum Gasteiger partial charge on any atom is 0.338 e. The lowest BCUT2D eigenvalue weighted by Gasteiger charge is -2.12. The molecule has 1 saturated heterocycles. The number of rotatable bonds is 8. The normalized spacial score (nSPS) is 22.4. The molecule has 0 aliphatic carbocycles. The molecule has 1 aliphatic heterocycles. The van der Waals surface area contributed by atoms with Gasteiger partial charge in [0.2, 0.25) is 0 Å². The largest absolute Gasteiger partial charge is 0.480 e. The minimum atomic E-state index is -1.10. The molecule has 7 nitrogen and oxygen atoms in total. The van der Waals surface area contributed by atoms with Crippen LogP contribution in [0.5, 0.6) is 0 Å². The second-order valence-corrected chi connectivity index (χ2v) is 4.90. The molecule has 0 bridgehead atoms. The van der Waals surface area contributed by atoms with Crippen LogP contribution in [-0.2, 0) is 23.9 Å². The van der Waals surface area contributed by atoms with Crippen molar-refractivity contribution in [1.29, 1.82) is 0 Å². The number of hydrogen-bond donors (Lipinski definition) is 2. The zero-order chi connectivity index (χ0) is 14.4. The molecule has 1 heterocycles. The maximum atomic E-state index is 11.7. The van der Waals surface area contributed by atoms with E-state index < -0.39 is 36.1 Å². The van der Waals surface area contributed by atoms with Gasteiger partial charge in [-0.15, -0.1) is 0 Å². The lowest BCUT2D eigenvalue weighted by molar-refractivity contribution is -0.144. The number of hydrogen-bond acceptors (Lipinski definition) is 6. The fourth-order valence-electron chi connectivity index (χ4n) is 1.46. The van der Waals surface area contributed by atoms with Crippen molar-refractivity contribution in [3.05, 3.63) is 0 Å². The first-order valence-corrected chi connectivity index (χ1v) is 7.24. The molecule has 3 atom stereocenters. The molecule has 2 N–H and O–H groups in total. The highest BCUT2D eigenvalue weighted by molar-refractivity contribution is 7.98. The molecule has 19 heavy (non-hydrogen) atoms. The Labute approximate surface area is 115 Å². The van der Waals surface area contributed by atoms with Crippen LogP contribution in [0.15, 0.2) is 0 Å². The van der Waals surface area contributed by atoms with Crippen molar-refractivity contribution in [2.45, 2.75) is 31.6 Å². The predicted octanol–water partition coefficient (Wildman–Crippen LogP) is -0.361. The monoisotopic (exact) mass is 291 g/mol. The zero-order valence-electron chi connectivity index (χ0n) is 10.8. The molecule has 1 fully saturated rings. The van der Waals surface area contributed by atoms with Crippen molar-refractivity contribution >= 4 is 29.6 Å². The molecule has 8 heteroatoms. The van der Waals surface area contributed by atoms with E-state index >= 15 is 0 Å². The Kier molecular flexibility index (Phi) is 6.10. The van der Waals surface area contributed by atoms with Crippen LogP contribution in [-0.4, -0.2) is 59.8 Å². The van der Waals surface area contributed by atoms with Crippen LogP contribution in [0.4, 0.5) is 0 Å². The molecule has 1 aliphatic rings. The molecular formula is C11H17NO6S. The Hall–Kier alpha value is -1.28. The third-order valence-electron chi connectivity index (χ3n) is 2.49. The van der Waals surface area contributed by atoms with E-state index in [0.29, 0.717) is 12.2 Å². The van der Waals surface area contributed by atoms with E-state index in [-0.39, 0.29) is 6.61 Å². The highest BCUT2D eigenvalue weighted by Crippen LogP contribution is 2.23. The van der Waals surface area contributed by atoms with Gasteiger partial charge in [0.25, 0.3) is 5.91 Å². The number of thioether (sulfide) groups is 1. The number of carboxylic acid groups (broad SMARTS) is 1. The molecule has 0 saturated carbocycles. The SMILES string of the molecule is CCOC(=O)C1OC1C(=O)N[C@@H](CCSC)C(=O)O. The molecule has 0 aromatic carbocycles. The van der Waals surface area contributed by atoms with E-state index in [1.807, 2.05) is 6.26 Å². The summed E-state index contributed by atoms with van der Waals surface area (Å²) in [5.74, 6) is -1.68. The summed E-state index contributed by atoms with van der Waals surface area (Å²) in [4.78, 5) is 33.9. The molecule has 1 rings (SSSR count). The predicted molar refractivity (Wildman–Crippen MR) is 67.9 cm³/mol. The lowest BCUT2D eigenvalue weighted by Crippen LogP contribution is -2.44. The topological polar surface area (TPSA) is 105 Å². The number of esters is 1. The van der Waals surface area contributed by atoms with Crippen LogP contribution in [0, 0.1) is 0 Å². The highest BCUT2D eigenvalue weighted by atomic mass is 32.2. The average molecular weight is 291 g/mol. The summed E-state index contributed by atoms with van der Waals surface area (Å²) in [5.41, 5.74) is 0. The van der Waals surface area contributed by atoms with Gasteiger partial charge in [-0.25, -0.2) is 9.59 Å². The summed E-state index contributed by atoms with van der Waals surface area (Å²) in [6.07, 6.45) is 0.325. The lowest BCUT2D eigenvalue weighted by atomic mass is 10.2. The first-order chi connectivity index (χ1) is 9.01. The van der Waals surface area contributed by atoms with Gasteiger partial charge in [-0.2, -0.15) is 11.8 Å². The van der Waals surface area contributed by atoms with Crippen LogP contribution >= 0.6 is 11.8 Å². The third-order valence-corrected chi connectivity index (χ3v) is 3.14. The highest BCUT2D eigenvalue weighted by Gasteiger charge is 2.52. The van der Waals surface area contributed by atoms with Crippen molar-refractivity contribution in [2.24, 2.45) is 0 Å². The molecule has 0 radical (unpaired) electrons. The minimum absolute atomic E-state index is 0.207. The molecule has 2 unspecified atom stereocenters. The Morgan fingerprint density at radius 1 is 1.42 bits per heavy atom. The molecule has 0 aromatic heterocycles. The molecule has 108 valence electrons. The summed E-state index contributed by atoms with van der Waals surface area (Å²) in [5, 5.41) is 11.3.